The number of hydrogen-bond donors (Lipinski definition) is 0. The van der Waals surface area contributed by atoms with Crippen LogP contribution < -0.4 is 0 Å². The lowest BCUT2D eigenvalue weighted by molar-refractivity contribution is -0.131. The summed E-state index contributed by atoms with van der Waals surface area (Å²) in [6, 6.07) is 0. The van der Waals surface area contributed by atoms with Crippen LogP contribution in [0.1, 0.15) is 104 Å². The zero-order chi connectivity index (χ0) is 22.5. The van der Waals surface area contributed by atoms with Gasteiger partial charge >= 0.3 is 0 Å². The van der Waals surface area contributed by atoms with Crippen molar-refractivity contribution in [2.24, 2.45) is 0 Å². The van der Waals surface area contributed by atoms with Gasteiger partial charge in [-0.15, -0.1) is 0 Å². The third-order valence-electron chi connectivity index (χ3n) is 4.87. The third kappa shape index (κ3) is 28.8. The molecular formula is C28H50O3. The van der Waals surface area contributed by atoms with Crippen LogP contribution in [0, 0.1) is 0 Å². The molecule has 0 saturated carbocycles. The van der Waals surface area contributed by atoms with Crippen molar-refractivity contribution in [3.63, 3.8) is 0 Å². The second-order valence-corrected chi connectivity index (χ2v) is 7.95. The molecule has 0 rings (SSSR count). The molecule has 0 amide bonds. The van der Waals surface area contributed by atoms with E-state index in [1.165, 1.54) is 64.2 Å². The van der Waals surface area contributed by atoms with Gasteiger partial charge in [-0.1, -0.05) is 101 Å². The SMILES string of the molecule is CCCCC=CC=CCCCCCOCOCOCCCCCC=CC=CCCCC. The maximum atomic E-state index is 5.49. The molecule has 0 aromatic rings. The summed E-state index contributed by atoms with van der Waals surface area (Å²) in [4.78, 5) is 0. The van der Waals surface area contributed by atoms with Crippen LogP contribution in [0.5, 0.6) is 0 Å². The maximum absolute atomic E-state index is 5.49. The molecular weight excluding hydrogens is 384 g/mol. The van der Waals surface area contributed by atoms with E-state index in [1.807, 2.05) is 0 Å². The summed E-state index contributed by atoms with van der Waals surface area (Å²) >= 11 is 0. The van der Waals surface area contributed by atoms with Gasteiger partial charge in [-0.05, 0) is 51.4 Å². The first-order valence-corrected chi connectivity index (χ1v) is 12.8. The normalized spacial score (nSPS) is 12.5. The van der Waals surface area contributed by atoms with Crippen LogP contribution in [0.15, 0.2) is 48.6 Å². The molecule has 3 nitrogen and oxygen atoms in total. The number of ether oxygens (including phenoxy) is 3. The van der Waals surface area contributed by atoms with Gasteiger partial charge in [-0.2, -0.15) is 0 Å². The average Bonchev–Trinajstić information content (AvgIpc) is 2.78. The number of unbranched alkanes of at least 4 members (excludes halogenated alkanes) is 10. The molecule has 0 aromatic carbocycles. The van der Waals surface area contributed by atoms with Crippen LogP contribution in [-0.4, -0.2) is 26.8 Å². The van der Waals surface area contributed by atoms with Crippen molar-refractivity contribution in [3.8, 4) is 0 Å². The van der Waals surface area contributed by atoms with Gasteiger partial charge in [-0.25, -0.2) is 0 Å². The van der Waals surface area contributed by atoms with E-state index in [9.17, 15) is 0 Å². The van der Waals surface area contributed by atoms with Crippen LogP contribution in [0.25, 0.3) is 0 Å². The van der Waals surface area contributed by atoms with Crippen molar-refractivity contribution in [1.82, 2.24) is 0 Å². The Hall–Kier alpha value is -1.16. The first kappa shape index (κ1) is 29.8. The molecule has 0 saturated heterocycles. The van der Waals surface area contributed by atoms with Crippen LogP contribution in [0.2, 0.25) is 0 Å². The molecule has 0 radical (unpaired) electrons. The van der Waals surface area contributed by atoms with E-state index in [4.69, 9.17) is 14.2 Å². The van der Waals surface area contributed by atoms with E-state index in [2.05, 4.69) is 62.5 Å². The first-order chi connectivity index (χ1) is 15.4. The standard InChI is InChI=1S/C28H50O3/c1-3-5-7-9-11-13-15-17-19-21-23-25-29-27-31-28-30-26-24-22-20-18-16-14-12-10-8-6-4-2/h9-16H,3-8,17-28H2,1-2H3. The molecule has 3 heteroatoms. The minimum atomic E-state index is 0.332. The minimum absolute atomic E-state index is 0.332. The largest absolute Gasteiger partial charge is 0.355 e. The number of hydrogen-bond acceptors (Lipinski definition) is 3. The van der Waals surface area contributed by atoms with Gasteiger partial charge < -0.3 is 14.2 Å². The number of allylic oxidation sites excluding steroid dienone is 8. The van der Waals surface area contributed by atoms with Gasteiger partial charge in [0.05, 0.1) is 0 Å². The molecule has 0 N–H and O–H groups in total. The molecule has 0 aliphatic carbocycles. The topological polar surface area (TPSA) is 27.7 Å². The zero-order valence-electron chi connectivity index (χ0n) is 20.6. The predicted octanol–water partition coefficient (Wildman–Crippen LogP) is 8.68. The predicted molar refractivity (Wildman–Crippen MR) is 135 cm³/mol. The molecule has 0 aliphatic heterocycles. The van der Waals surface area contributed by atoms with E-state index < -0.39 is 0 Å². The Bertz CT molecular complexity index is 398. The molecule has 0 heterocycles. The van der Waals surface area contributed by atoms with Gasteiger partial charge in [0, 0.05) is 13.2 Å². The fourth-order valence-electron chi connectivity index (χ4n) is 2.90. The molecule has 31 heavy (non-hydrogen) atoms. The Labute approximate surface area is 193 Å². The highest BCUT2D eigenvalue weighted by Crippen LogP contribution is 2.03. The van der Waals surface area contributed by atoms with Crippen LogP contribution in [0.4, 0.5) is 0 Å². The fraction of sp³-hybridized carbons (Fsp3) is 0.714. The van der Waals surface area contributed by atoms with Crippen molar-refractivity contribution >= 4 is 0 Å². The smallest absolute Gasteiger partial charge is 0.149 e. The summed E-state index contributed by atoms with van der Waals surface area (Å²) in [5, 5.41) is 0. The maximum Gasteiger partial charge on any atom is 0.149 e. The molecule has 0 bridgehead atoms. The molecule has 0 unspecified atom stereocenters. The van der Waals surface area contributed by atoms with E-state index in [0.717, 1.165) is 38.9 Å². The quantitative estimate of drug-likeness (QED) is 0.0863. The lowest BCUT2D eigenvalue weighted by Gasteiger charge is -2.06. The average molecular weight is 435 g/mol. The highest BCUT2D eigenvalue weighted by molar-refractivity contribution is 5.02. The van der Waals surface area contributed by atoms with E-state index in [0.29, 0.717) is 13.6 Å². The fourth-order valence-corrected chi connectivity index (χ4v) is 2.90. The van der Waals surface area contributed by atoms with Crippen molar-refractivity contribution in [3.05, 3.63) is 48.6 Å². The van der Waals surface area contributed by atoms with Crippen molar-refractivity contribution < 1.29 is 14.2 Å². The second kappa shape index (κ2) is 28.8. The Morgan fingerprint density at radius 2 is 0.806 bits per heavy atom. The van der Waals surface area contributed by atoms with Gasteiger partial charge in [-0.3, -0.25) is 0 Å². The van der Waals surface area contributed by atoms with Crippen LogP contribution in [-0.2, 0) is 14.2 Å². The molecule has 0 atom stereocenters. The summed E-state index contributed by atoms with van der Waals surface area (Å²) in [6.07, 6.45) is 34.5. The first-order valence-electron chi connectivity index (χ1n) is 12.8. The second-order valence-electron chi connectivity index (χ2n) is 7.95. The van der Waals surface area contributed by atoms with E-state index >= 15 is 0 Å². The Kier molecular flexibility index (Phi) is 27.8. The monoisotopic (exact) mass is 434 g/mol. The highest BCUT2D eigenvalue weighted by atomic mass is 16.7. The molecule has 0 spiro atoms. The third-order valence-corrected chi connectivity index (χ3v) is 4.87. The summed E-state index contributed by atoms with van der Waals surface area (Å²) in [5.74, 6) is 0. The Morgan fingerprint density at radius 1 is 0.419 bits per heavy atom. The van der Waals surface area contributed by atoms with Gasteiger partial charge in [0.1, 0.15) is 13.6 Å². The summed E-state index contributed by atoms with van der Waals surface area (Å²) in [5.41, 5.74) is 0. The summed E-state index contributed by atoms with van der Waals surface area (Å²) in [6.45, 7) is 6.65. The molecule has 0 fully saturated rings. The van der Waals surface area contributed by atoms with Crippen molar-refractivity contribution in [2.45, 2.75) is 104 Å². The Morgan fingerprint density at radius 3 is 1.19 bits per heavy atom. The van der Waals surface area contributed by atoms with E-state index in [1.54, 1.807) is 0 Å². The number of rotatable bonds is 24. The van der Waals surface area contributed by atoms with Crippen molar-refractivity contribution in [2.75, 3.05) is 26.8 Å². The lowest BCUT2D eigenvalue weighted by atomic mass is 10.2. The van der Waals surface area contributed by atoms with E-state index in [-0.39, 0.29) is 0 Å². The summed E-state index contributed by atoms with van der Waals surface area (Å²) < 4.78 is 16.3. The lowest BCUT2D eigenvalue weighted by Crippen LogP contribution is -2.06. The molecule has 180 valence electrons. The Balaban J connectivity index is 3.15. The van der Waals surface area contributed by atoms with Gasteiger partial charge in [0.2, 0.25) is 0 Å². The summed E-state index contributed by atoms with van der Waals surface area (Å²) in [7, 11) is 0. The van der Waals surface area contributed by atoms with Gasteiger partial charge in [0.25, 0.3) is 0 Å². The van der Waals surface area contributed by atoms with Crippen LogP contribution >= 0.6 is 0 Å². The van der Waals surface area contributed by atoms with Crippen molar-refractivity contribution in [1.29, 1.82) is 0 Å². The minimum Gasteiger partial charge on any atom is -0.355 e. The van der Waals surface area contributed by atoms with Gasteiger partial charge in [0.15, 0.2) is 0 Å². The molecule has 0 aliphatic rings. The molecule has 0 aromatic heterocycles. The highest BCUT2D eigenvalue weighted by Gasteiger charge is 1.92. The van der Waals surface area contributed by atoms with Crippen LogP contribution in [0.3, 0.4) is 0 Å². The zero-order valence-corrected chi connectivity index (χ0v) is 20.6.